The zero-order valence-electron chi connectivity index (χ0n) is 11.4. The van der Waals surface area contributed by atoms with Crippen molar-refractivity contribution in [2.75, 3.05) is 0 Å². The number of carboxylic acid groups (broad SMARTS) is 2. The minimum absolute atomic E-state index is 0.0175. The summed E-state index contributed by atoms with van der Waals surface area (Å²) < 4.78 is 0.0175. The van der Waals surface area contributed by atoms with E-state index in [0.29, 0.717) is 10.6 Å². The lowest BCUT2D eigenvalue weighted by Crippen LogP contribution is -2.45. The van der Waals surface area contributed by atoms with Crippen molar-refractivity contribution >= 4 is 63.8 Å². The van der Waals surface area contributed by atoms with Crippen LogP contribution in [0.1, 0.15) is 12.0 Å². The third-order valence-corrected chi connectivity index (χ3v) is 4.54. The quantitative estimate of drug-likeness (QED) is 0.606. The number of carbonyl (C=O) groups is 3. The molecule has 6 nitrogen and oxygen atoms in total. The normalized spacial score (nSPS) is 17.6. The van der Waals surface area contributed by atoms with E-state index in [1.165, 1.54) is 0 Å². The zero-order valence-corrected chi connectivity index (χ0v) is 13.8. The van der Waals surface area contributed by atoms with E-state index in [-0.39, 0.29) is 9.23 Å². The first-order chi connectivity index (χ1) is 10.8. The van der Waals surface area contributed by atoms with Gasteiger partial charge in [-0.3, -0.25) is 14.5 Å². The number of amides is 1. The average molecular weight is 372 g/mol. The highest BCUT2D eigenvalue weighted by molar-refractivity contribution is 8.26. The van der Waals surface area contributed by atoms with Crippen molar-refractivity contribution in [1.29, 1.82) is 0 Å². The van der Waals surface area contributed by atoms with Crippen LogP contribution < -0.4 is 0 Å². The zero-order chi connectivity index (χ0) is 17.1. The number of hydrogen-bond donors (Lipinski definition) is 2. The fourth-order valence-corrected chi connectivity index (χ4v) is 3.40. The fourth-order valence-electron chi connectivity index (χ4n) is 1.91. The molecule has 1 atom stereocenters. The molecule has 1 amide bonds. The van der Waals surface area contributed by atoms with Crippen LogP contribution in [0.25, 0.3) is 6.08 Å². The van der Waals surface area contributed by atoms with Gasteiger partial charge in [0.2, 0.25) is 0 Å². The van der Waals surface area contributed by atoms with E-state index in [2.05, 4.69) is 0 Å². The van der Waals surface area contributed by atoms with Gasteiger partial charge < -0.3 is 10.2 Å². The summed E-state index contributed by atoms with van der Waals surface area (Å²) in [4.78, 5) is 35.5. The molecule has 2 N–H and O–H groups in total. The monoisotopic (exact) mass is 371 g/mol. The highest BCUT2D eigenvalue weighted by atomic mass is 35.5. The smallest absolute Gasteiger partial charge is 0.327 e. The predicted molar refractivity (Wildman–Crippen MR) is 90.1 cm³/mol. The van der Waals surface area contributed by atoms with E-state index < -0.39 is 30.3 Å². The van der Waals surface area contributed by atoms with Crippen LogP contribution >= 0.6 is 35.6 Å². The highest BCUT2D eigenvalue weighted by Crippen LogP contribution is 2.34. The maximum Gasteiger partial charge on any atom is 0.327 e. The summed E-state index contributed by atoms with van der Waals surface area (Å²) in [6, 6.07) is 5.16. The largest absolute Gasteiger partial charge is 0.481 e. The van der Waals surface area contributed by atoms with Gasteiger partial charge in [-0.25, -0.2) is 4.79 Å². The van der Waals surface area contributed by atoms with Gasteiger partial charge in [0.1, 0.15) is 10.4 Å². The number of hydrogen-bond acceptors (Lipinski definition) is 5. The van der Waals surface area contributed by atoms with Crippen molar-refractivity contribution in [3.05, 3.63) is 39.8 Å². The van der Waals surface area contributed by atoms with Crippen molar-refractivity contribution < 1.29 is 24.6 Å². The number of rotatable bonds is 5. The first-order valence-electron chi connectivity index (χ1n) is 6.27. The maximum absolute atomic E-state index is 12.4. The van der Waals surface area contributed by atoms with E-state index in [4.69, 9.17) is 34.0 Å². The molecule has 0 aromatic heterocycles. The van der Waals surface area contributed by atoms with Gasteiger partial charge in [-0.1, -0.05) is 47.7 Å². The molecule has 0 spiro atoms. The SMILES string of the molecule is O=C(O)CC(C(=O)O)N1C(=O)C(=Cc2ccc(Cl)cc2)SC1=S. The summed E-state index contributed by atoms with van der Waals surface area (Å²) in [5.41, 5.74) is 0.694. The Morgan fingerprint density at radius 2 is 1.91 bits per heavy atom. The first-order valence-corrected chi connectivity index (χ1v) is 7.87. The fraction of sp³-hybridized carbons (Fsp3) is 0.143. The van der Waals surface area contributed by atoms with Crippen molar-refractivity contribution in [2.45, 2.75) is 12.5 Å². The predicted octanol–water partition coefficient (Wildman–Crippen LogP) is 2.47. The Labute approximate surface area is 145 Å². The lowest BCUT2D eigenvalue weighted by Gasteiger charge is -2.21. The lowest BCUT2D eigenvalue weighted by molar-refractivity contribution is -0.150. The molecule has 1 heterocycles. The molecular weight excluding hydrogens is 362 g/mol. The van der Waals surface area contributed by atoms with E-state index in [1.807, 2.05) is 0 Å². The lowest BCUT2D eigenvalue weighted by atomic mass is 10.1. The number of carbonyl (C=O) groups excluding carboxylic acids is 1. The van der Waals surface area contributed by atoms with E-state index in [1.54, 1.807) is 30.3 Å². The Bertz CT molecular complexity index is 716. The summed E-state index contributed by atoms with van der Waals surface area (Å²) in [6.45, 7) is 0. The molecule has 1 fully saturated rings. The number of nitrogens with zero attached hydrogens (tertiary/aromatic N) is 1. The molecule has 1 saturated heterocycles. The first kappa shape index (κ1) is 17.5. The van der Waals surface area contributed by atoms with E-state index in [0.717, 1.165) is 16.7 Å². The van der Waals surface area contributed by atoms with Gasteiger partial charge in [0.15, 0.2) is 0 Å². The molecule has 0 radical (unpaired) electrons. The molecule has 9 heteroatoms. The number of thioether (sulfide) groups is 1. The Balaban J connectivity index is 2.30. The van der Waals surface area contributed by atoms with Crippen molar-refractivity contribution in [1.82, 2.24) is 4.90 Å². The molecule has 1 aliphatic heterocycles. The molecule has 120 valence electrons. The second kappa shape index (κ2) is 7.12. The van der Waals surface area contributed by atoms with Crippen molar-refractivity contribution in [2.24, 2.45) is 0 Å². The number of carboxylic acids is 2. The minimum atomic E-state index is -1.53. The van der Waals surface area contributed by atoms with Crippen LogP contribution in [0.2, 0.25) is 5.02 Å². The summed E-state index contributed by atoms with van der Waals surface area (Å²) in [5, 5.41) is 18.5. The van der Waals surface area contributed by atoms with Crippen LogP contribution in [0.3, 0.4) is 0 Å². The highest BCUT2D eigenvalue weighted by Gasteiger charge is 2.41. The Hall–Kier alpha value is -1.90. The second-order valence-electron chi connectivity index (χ2n) is 4.56. The molecule has 1 unspecified atom stereocenters. The Morgan fingerprint density at radius 3 is 2.43 bits per heavy atom. The van der Waals surface area contributed by atoms with Crippen LogP contribution in [-0.2, 0) is 14.4 Å². The molecule has 1 aromatic carbocycles. The maximum atomic E-state index is 12.4. The standard InChI is InChI=1S/C14H10ClNO5S2/c15-8-3-1-7(2-4-8)5-10-12(19)16(14(22)23-10)9(13(20)21)6-11(17)18/h1-5,9H,6H2,(H,17,18)(H,20,21). The molecular formula is C14H10ClNO5S2. The van der Waals surface area contributed by atoms with Crippen LogP contribution in [0.5, 0.6) is 0 Å². The van der Waals surface area contributed by atoms with Gasteiger partial charge in [0, 0.05) is 5.02 Å². The van der Waals surface area contributed by atoms with Crippen molar-refractivity contribution in [3.63, 3.8) is 0 Å². The third kappa shape index (κ3) is 4.10. The van der Waals surface area contributed by atoms with Crippen LogP contribution in [0.15, 0.2) is 29.2 Å². The molecule has 0 aliphatic carbocycles. The second-order valence-corrected chi connectivity index (χ2v) is 6.67. The number of aliphatic carboxylic acids is 2. The van der Waals surface area contributed by atoms with Crippen LogP contribution in [0.4, 0.5) is 0 Å². The van der Waals surface area contributed by atoms with E-state index in [9.17, 15) is 14.4 Å². The number of halogens is 1. The Morgan fingerprint density at radius 1 is 1.30 bits per heavy atom. The summed E-state index contributed by atoms with van der Waals surface area (Å²) in [6.07, 6.45) is 0.825. The van der Waals surface area contributed by atoms with Gasteiger partial charge in [0.05, 0.1) is 11.3 Å². The molecule has 1 aromatic rings. The van der Waals surface area contributed by atoms with E-state index >= 15 is 0 Å². The topological polar surface area (TPSA) is 94.9 Å². The summed E-state index contributed by atoms with van der Waals surface area (Å²) in [7, 11) is 0. The van der Waals surface area contributed by atoms with Crippen LogP contribution in [-0.4, -0.2) is 43.3 Å². The summed E-state index contributed by atoms with van der Waals surface area (Å²) in [5.74, 6) is -3.37. The van der Waals surface area contributed by atoms with Crippen molar-refractivity contribution in [3.8, 4) is 0 Å². The molecule has 1 aliphatic rings. The number of thiocarbonyl (C=S) groups is 1. The Kier molecular flexibility index (Phi) is 5.40. The van der Waals surface area contributed by atoms with Crippen LogP contribution in [0, 0.1) is 0 Å². The third-order valence-electron chi connectivity index (χ3n) is 2.96. The van der Waals surface area contributed by atoms with Gasteiger partial charge in [-0.05, 0) is 23.8 Å². The van der Waals surface area contributed by atoms with Gasteiger partial charge >= 0.3 is 11.9 Å². The molecule has 0 saturated carbocycles. The number of benzene rings is 1. The van der Waals surface area contributed by atoms with Gasteiger partial charge in [-0.2, -0.15) is 0 Å². The minimum Gasteiger partial charge on any atom is -0.481 e. The van der Waals surface area contributed by atoms with Gasteiger partial charge in [0.25, 0.3) is 5.91 Å². The molecule has 23 heavy (non-hydrogen) atoms. The molecule has 0 bridgehead atoms. The van der Waals surface area contributed by atoms with Gasteiger partial charge in [-0.15, -0.1) is 0 Å². The summed E-state index contributed by atoms with van der Waals surface area (Å²) >= 11 is 11.7. The molecule has 2 rings (SSSR count). The average Bonchev–Trinajstić information content (AvgIpc) is 2.73.